The molecular weight excluding hydrogens is 260 g/mol. The van der Waals surface area contributed by atoms with E-state index in [1.807, 2.05) is 24.4 Å². The molecule has 0 amide bonds. The Labute approximate surface area is 123 Å². The summed E-state index contributed by atoms with van der Waals surface area (Å²) < 4.78 is 2.32. The van der Waals surface area contributed by atoms with Crippen molar-refractivity contribution in [3.63, 3.8) is 0 Å². The molecule has 1 aliphatic rings. The number of hydrogen-bond acceptors (Lipinski definition) is 3. The lowest BCUT2D eigenvalue weighted by molar-refractivity contribution is 0.707. The number of aromatic nitrogens is 3. The third kappa shape index (κ3) is 2.21. The van der Waals surface area contributed by atoms with E-state index in [9.17, 15) is 0 Å². The lowest BCUT2D eigenvalue weighted by Gasteiger charge is -2.10. The third-order valence-corrected chi connectivity index (χ3v) is 4.12. The predicted octanol–water partition coefficient (Wildman–Crippen LogP) is 2.82. The highest BCUT2D eigenvalue weighted by molar-refractivity contribution is 5.71. The summed E-state index contributed by atoms with van der Waals surface area (Å²) in [5.74, 6) is 1.10. The molecule has 0 unspecified atom stereocenters. The van der Waals surface area contributed by atoms with Gasteiger partial charge in [0.1, 0.15) is 11.3 Å². The number of rotatable bonds is 4. The van der Waals surface area contributed by atoms with E-state index in [0.717, 1.165) is 23.4 Å². The molecule has 1 aliphatic carbocycles. The minimum Gasteiger partial charge on any atom is -0.326 e. The molecule has 4 nitrogen and oxygen atoms in total. The van der Waals surface area contributed by atoms with Crippen LogP contribution < -0.4 is 5.73 Å². The molecule has 0 spiro atoms. The molecule has 0 aliphatic heterocycles. The third-order valence-electron chi connectivity index (χ3n) is 4.12. The van der Waals surface area contributed by atoms with Crippen molar-refractivity contribution in [2.24, 2.45) is 5.73 Å². The maximum absolute atomic E-state index is 5.85. The van der Waals surface area contributed by atoms with Crippen LogP contribution in [0.1, 0.15) is 35.8 Å². The Hall–Kier alpha value is -2.20. The average molecular weight is 278 g/mol. The number of hydrogen-bond donors (Lipinski definition) is 1. The van der Waals surface area contributed by atoms with Crippen LogP contribution in [-0.4, -0.2) is 14.5 Å². The van der Waals surface area contributed by atoms with E-state index >= 15 is 0 Å². The fourth-order valence-corrected chi connectivity index (χ4v) is 2.92. The molecule has 1 saturated carbocycles. The summed E-state index contributed by atoms with van der Waals surface area (Å²) in [6.45, 7) is 0.568. The van der Waals surface area contributed by atoms with Crippen LogP contribution in [0.15, 0.2) is 42.6 Å². The van der Waals surface area contributed by atoms with E-state index < -0.39 is 0 Å². The van der Waals surface area contributed by atoms with E-state index in [1.165, 1.54) is 24.0 Å². The highest BCUT2D eigenvalue weighted by atomic mass is 15.2. The van der Waals surface area contributed by atoms with Gasteiger partial charge >= 0.3 is 0 Å². The van der Waals surface area contributed by atoms with Gasteiger partial charge < -0.3 is 10.3 Å². The van der Waals surface area contributed by atoms with Gasteiger partial charge in [0.15, 0.2) is 5.65 Å². The molecule has 2 aromatic heterocycles. The lowest BCUT2D eigenvalue weighted by atomic mass is 10.0. The molecule has 0 radical (unpaired) electrons. The van der Waals surface area contributed by atoms with Gasteiger partial charge in [-0.3, -0.25) is 0 Å². The molecule has 1 fully saturated rings. The number of nitrogens with zero attached hydrogens (tertiary/aromatic N) is 3. The Bertz CT molecular complexity index is 786. The summed E-state index contributed by atoms with van der Waals surface area (Å²) in [6.07, 6.45) is 5.13. The van der Waals surface area contributed by atoms with Gasteiger partial charge in [-0.05, 0) is 36.1 Å². The van der Waals surface area contributed by atoms with Crippen molar-refractivity contribution in [1.82, 2.24) is 14.5 Å². The maximum atomic E-state index is 5.85. The van der Waals surface area contributed by atoms with E-state index in [-0.39, 0.29) is 0 Å². The highest BCUT2D eigenvalue weighted by Crippen LogP contribution is 2.38. The van der Waals surface area contributed by atoms with Crippen LogP contribution in [0.5, 0.6) is 0 Å². The van der Waals surface area contributed by atoms with Crippen molar-refractivity contribution in [3.05, 3.63) is 59.5 Å². The van der Waals surface area contributed by atoms with Crippen LogP contribution >= 0.6 is 0 Å². The Balaban J connectivity index is 1.81. The number of benzene rings is 1. The van der Waals surface area contributed by atoms with Crippen LogP contribution in [0, 0.1) is 0 Å². The number of fused-ring (bicyclic) bond motifs is 1. The Morgan fingerprint density at radius 2 is 1.90 bits per heavy atom. The summed E-state index contributed by atoms with van der Waals surface area (Å²) >= 11 is 0. The predicted molar refractivity (Wildman–Crippen MR) is 82.9 cm³/mol. The second-order valence-corrected chi connectivity index (χ2v) is 5.62. The van der Waals surface area contributed by atoms with Gasteiger partial charge in [0, 0.05) is 25.2 Å². The van der Waals surface area contributed by atoms with Gasteiger partial charge in [-0.1, -0.05) is 24.3 Å². The van der Waals surface area contributed by atoms with E-state index in [4.69, 9.17) is 10.7 Å². The second kappa shape index (κ2) is 4.97. The van der Waals surface area contributed by atoms with Crippen LogP contribution in [0.2, 0.25) is 0 Å². The van der Waals surface area contributed by atoms with Crippen LogP contribution in [0.25, 0.3) is 11.2 Å². The van der Waals surface area contributed by atoms with Crippen molar-refractivity contribution < 1.29 is 0 Å². The zero-order valence-corrected chi connectivity index (χ0v) is 11.9. The van der Waals surface area contributed by atoms with E-state index in [0.29, 0.717) is 12.6 Å². The fourth-order valence-electron chi connectivity index (χ4n) is 2.92. The number of pyridine rings is 1. The number of nitrogens with two attached hydrogens (primary N) is 1. The summed E-state index contributed by atoms with van der Waals surface area (Å²) in [5.41, 5.74) is 10.3. The van der Waals surface area contributed by atoms with Crippen LogP contribution in [-0.2, 0) is 13.0 Å². The summed E-state index contributed by atoms with van der Waals surface area (Å²) in [5, 5.41) is 0. The van der Waals surface area contributed by atoms with Crippen molar-refractivity contribution >= 4 is 11.2 Å². The monoisotopic (exact) mass is 278 g/mol. The molecule has 3 aromatic rings. The minimum atomic E-state index is 0.568. The standard InChI is InChI=1S/C17H18N4/c18-11-13-5-2-1-4-12(13)10-16-20-15-6-3-9-19-17(15)21(16)14-7-8-14/h1-6,9,14H,7-8,10-11,18H2. The first-order valence-corrected chi connectivity index (χ1v) is 7.45. The van der Waals surface area contributed by atoms with Crippen LogP contribution in [0.3, 0.4) is 0 Å². The average Bonchev–Trinajstić information content (AvgIpc) is 3.29. The Kier molecular flexibility index (Phi) is 2.97. The molecular formula is C17H18N4. The van der Waals surface area contributed by atoms with Crippen LogP contribution in [0.4, 0.5) is 0 Å². The zero-order valence-electron chi connectivity index (χ0n) is 11.9. The van der Waals surface area contributed by atoms with Gasteiger partial charge in [-0.2, -0.15) is 0 Å². The van der Waals surface area contributed by atoms with Crippen molar-refractivity contribution in [3.8, 4) is 0 Å². The minimum absolute atomic E-state index is 0.568. The zero-order chi connectivity index (χ0) is 14.2. The van der Waals surface area contributed by atoms with Gasteiger partial charge in [0.25, 0.3) is 0 Å². The highest BCUT2D eigenvalue weighted by Gasteiger charge is 2.28. The molecule has 4 heteroatoms. The molecule has 21 heavy (non-hydrogen) atoms. The summed E-state index contributed by atoms with van der Waals surface area (Å²) in [4.78, 5) is 9.33. The molecule has 1 aromatic carbocycles. The molecule has 2 heterocycles. The SMILES string of the molecule is NCc1ccccc1Cc1nc2cccnc2n1C1CC1. The molecule has 106 valence electrons. The van der Waals surface area contributed by atoms with Gasteiger partial charge in [-0.25, -0.2) is 9.97 Å². The van der Waals surface area contributed by atoms with Gasteiger partial charge in [0.05, 0.1) is 0 Å². The van der Waals surface area contributed by atoms with Crippen molar-refractivity contribution in [2.45, 2.75) is 31.8 Å². The largest absolute Gasteiger partial charge is 0.326 e. The molecule has 0 bridgehead atoms. The van der Waals surface area contributed by atoms with E-state index in [1.54, 1.807) is 0 Å². The van der Waals surface area contributed by atoms with Crippen molar-refractivity contribution in [1.29, 1.82) is 0 Å². The van der Waals surface area contributed by atoms with Gasteiger partial charge in [-0.15, -0.1) is 0 Å². The molecule has 4 rings (SSSR count). The fraction of sp³-hybridized carbons (Fsp3) is 0.294. The lowest BCUT2D eigenvalue weighted by Crippen LogP contribution is -2.07. The topological polar surface area (TPSA) is 56.7 Å². The molecule has 0 atom stereocenters. The summed E-state index contributed by atoms with van der Waals surface area (Å²) in [6, 6.07) is 12.9. The maximum Gasteiger partial charge on any atom is 0.160 e. The smallest absolute Gasteiger partial charge is 0.160 e. The second-order valence-electron chi connectivity index (χ2n) is 5.62. The van der Waals surface area contributed by atoms with Gasteiger partial charge in [0.2, 0.25) is 0 Å². The first kappa shape index (κ1) is 12.5. The number of imidazole rings is 1. The van der Waals surface area contributed by atoms with Crippen molar-refractivity contribution in [2.75, 3.05) is 0 Å². The Morgan fingerprint density at radius 3 is 2.67 bits per heavy atom. The molecule has 0 saturated heterocycles. The first-order valence-electron chi connectivity index (χ1n) is 7.45. The normalized spacial score (nSPS) is 14.7. The summed E-state index contributed by atoms with van der Waals surface area (Å²) in [7, 11) is 0. The first-order chi connectivity index (χ1) is 10.4. The Morgan fingerprint density at radius 1 is 1.10 bits per heavy atom. The molecule has 2 N–H and O–H groups in total. The quantitative estimate of drug-likeness (QED) is 0.798. The van der Waals surface area contributed by atoms with E-state index in [2.05, 4.69) is 27.8 Å².